The van der Waals surface area contributed by atoms with Gasteiger partial charge in [-0.25, -0.2) is 0 Å². The highest BCUT2D eigenvalue weighted by atomic mass is 32.2. The second kappa shape index (κ2) is 3.93. The van der Waals surface area contributed by atoms with E-state index in [-0.39, 0.29) is 5.12 Å². The summed E-state index contributed by atoms with van der Waals surface area (Å²) in [4.78, 5) is 11.0. The predicted molar refractivity (Wildman–Crippen MR) is 48.7 cm³/mol. The Balaban J connectivity index is 2.58. The topological polar surface area (TPSA) is 29.1 Å². The van der Waals surface area contributed by atoms with Crippen molar-refractivity contribution >= 4 is 16.9 Å². The van der Waals surface area contributed by atoms with Crippen molar-refractivity contribution in [2.24, 2.45) is 0 Å². The molecule has 0 aromatic rings. The average Bonchev–Trinajstić information content (AvgIpc) is 2.32. The van der Waals surface area contributed by atoms with Crippen LogP contribution in [0.4, 0.5) is 0 Å². The third kappa shape index (κ3) is 2.07. The summed E-state index contributed by atoms with van der Waals surface area (Å²) in [6.07, 6.45) is 2.80. The number of thioether (sulfide) groups is 1. The Hall–Kier alpha value is -0.280. The normalized spacial score (nSPS) is 24.0. The fourth-order valence-corrected chi connectivity index (χ4v) is 2.18. The van der Waals surface area contributed by atoms with Crippen molar-refractivity contribution in [3.63, 3.8) is 0 Å². The molecule has 1 atom stereocenters. The van der Waals surface area contributed by atoms with Crippen LogP contribution in [0.2, 0.25) is 0 Å². The lowest BCUT2D eigenvalue weighted by Crippen LogP contribution is -2.15. The summed E-state index contributed by atoms with van der Waals surface area (Å²) >= 11 is 1.44. The zero-order valence-corrected chi connectivity index (χ0v) is 7.70. The molecule has 0 bridgehead atoms. The maximum Gasteiger partial charge on any atom is 0.212 e. The first-order valence-electron chi connectivity index (χ1n) is 3.83. The van der Waals surface area contributed by atoms with Crippen LogP contribution in [-0.4, -0.2) is 24.0 Å². The van der Waals surface area contributed by atoms with Crippen LogP contribution in [0.1, 0.15) is 13.3 Å². The fraction of sp³-hybridized carbons (Fsp3) is 0.625. The first-order valence-corrected chi connectivity index (χ1v) is 4.71. The van der Waals surface area contributed by atoms with Gasteiger partial charge in [0.2, 0.25) is 5.12 Å². The van der Waals surface area contributed by atoms with Gasteiger partial charge in [0.1, 0.15) is 0 Å². The van der Waals surface area contributed by atoms with Crippen molar-refractivity contribution in [3.8, 4) is 0 Å². The fourth-order valence-electron chi connectivity index (χ4n) is 1.21. The van der Waals surface area contributed by atoms with Gasteiger partial charge < -0.3 is 5.32 Å². The largest absolute Gasteiger partial charge is 0.316 e. The molecule has 2 nitrogen and oxygen atoms in total. The Morgan fingerprint density at radius 2 is 2.45 bits per heavy atom. The number of hydrogen-bond donors (Lipinski definition) is 1. The summed E-state index contributed by atoms with van der Waals surface area (Å²) in [6.45, 7) is 2.96. The van der Waals surface area contributed by atoms with Crippen LogP contribution >= 0.6 is 11.8 Å². The van der Waals surface area contributed by atoms with E-state index >= 15 is 0 Å². The first-order chi connectivity index (χ1) is 5.27. The minimum atomic E-state index is 0.210. The summed E-state index contributed by atoms with van der Waals surface area (Å²) in [5, 5.41) is 3.70. The summed E-state index contributed by atoms with van der Waals surface area (Å²) < 4.78 is 0. The van der Waals surface area contributed by atoms with Gasteiger partial charge in [0, 0.05) is 11.8 Å². The van der Waals surface area contributed by atoms with Gasteiger partial charge in [-0.15, -0.1) is 0 Å². The Morgan fingerprint density at radius 3 is 3.00 bits per heavy atom. The van der Waals surface area contributed by atoms with Crippen LogP contribution in [0.3, 0.4) is 0 Å². The number of carbonyl (C=O) groups excluding carboxylic acids is 1. The van der Waals surface area contributed by atoms with E-state index < -0.39 is 0 Å². The van der Waals surface area contributed by atoms with Gasteiger partial charge >= 0.3 is 0 Å². The van der Waals surface area contributed by atoms with E-state index in [1.54, 1.807) is 6.08 Å². The van der Waals surface area contributed by atoms with Gasteiger partial charge in [-0.3, -0.25) is 4.79 Å². The second-order valence-electron chi connectivity index (χ2n) is 2.58. The van der Waals surface area contributed by atoms with Gasteiger partial charge in [-0.05, 0) is 25.1 Å². The van der Waals surface area contributed by atoms with E-state index in [0.717, 1.165) is 13.0 Å². The molecule has 1 heterocycles. The highest BCUT2D eigenvalue weighted by Crippen LogP contribution is 2.29. The van der Waals surface area contributed by atoms with Crippen LogP contribution < -0.4 is 5.32 Å². The molecule has 3 heteroatoms. The van der Waals surface area contributed by atoms with Gasteiger partial charge in [0.15, 0.2) is 0 Å². The predicted octanol–water partition coefficient (Wildman–Crippen LogP) is 1.18. The number of hydrogen-bond acceptors (Lipinski definition) is 3. The number of rotatable bonds is 3. The Morgan fingerprint density at radius 1 is 1.73 bits per heavy atom. The van der Waals surface area contributed by atoms with Crippen LogP contribution in [0.25, 0.3) is 0 Å². The lowest BCUT2D eigenvalue weighted by molar-refractivity contribution is -0.106. The molecule has 0 fully saturated rings. The van der Waals surface area contributed by atoms with Gasteiger partial charge in [0.05, 0.1) is 0 Å². The van der Waals surface area contributed by atoms with E-state index in [4.69, 9.17) is 0 Å². The third-order valence-corrected chi connectivity index (χ3v) is 3.00. The molecule has 1 rings (SSSR count). The quantitative estimate of drug-likeness (QED) is 0.691. The monoisotopic (exact) mass is 171 g/mol. The lowest BCUT2D eigenvalue weighted by atomic mass is 10.1. The molecule has 62 valence electrons. The molecular weight excluding hydrogens is 158 g/mol. The number of nitrogens with one attached hydrogen (secondary N) is 1. The molecule has 0 spiro atoms. The van der Waals surface area contributed by atoms with E-state index in [9.17, 15) is 4.79 Å². The zero-order valence-electron chi connectivity index (χ0n) is 6.89. The van der Waals surface area contributed by atoms with Crippen molar-refractivity contribution in [2.75, 3.05) is 13.6 Å². The molecule has 0 aromatic carbocycles. The number of likely N-dealkylation sites (N-methyl/N-ethyl adjacent to an activating group) is 1. The zero-order chi connectivity index (χ0) is 8.27. The summed E-state index contributed by atoms with van der Waals surface area (Å²) in [6, 6.07) is 0. The van der Waals surface area contributed by atoms with Gasteiger partial charge in [-0.2, -0.15) is 0 Å². The summed E-state index contributed by atoms with van der Waals surface area (Å²) in [5.74, 6) is 0. The van der Waals surface area contributed by atoms with Crippen LogP contribution in [0.5, 0.6) is 0 Å². The van der Waals surface area contributed by atoms with Crippen LogP contribution in [-0.2, 0) is 4.79 Å². The molecule has 0 radical (unpaired) electrons. The SMILES string of the molecule is CCC1SC(=O)C=C1CNC. The highest BCUT2D eigenvalue weighted by molar-refractivity contribution is 8.15. The minimum Gasteiger partial charge on any atom is -0.316 e. The second-order valence-corrected chi connectivity index (χ2v) is 3.79. The summed E-state index contributed by atoms with van der Waals surface area (Å²) in [7, 11) is 1.90. The Bertz CT molecular complexity index is 189. The van der Waals surface area contributed by atoms with Crippen molar-refractivity contribution < 1.29 is 4.79 Å². The maximum atomic E-state index is 11.0. The molecular formula is C8H13NOS. The Kier molecular flexibility index (Phi) is 3.15. The van der Waals surface area contributed by atoms with Gasteiger partial charge in [-0.1, -0.05) is 18.7 Å². The lowest BCUT2D eigenvalue weighted by Gasteiger charge is -2.09. The molecule has 0 saturated heterocycles. The summed E-state index contributed by atoms with van der Waals surface area (Å²) in [5.41, 5.74) is 1.24. The Labute approximate surface area is 71.4 Å². The first kappa shape index (κ1) is 8.81. The smallest absolute Gasteiger partial charge is 0.212 e. The molecule has 0 aliphatic carbocycles. The molecule has 1 aliphatic rings. The van der Waals surface area contributed by atoms with E-state index in [0.29, 0.717) is 5.25 Å². The van der Waals surface area contributed by atoms with E-state index in [1.165, 1.54) is 17.3 Å². The minimum absolute atomic E-state index is 0.210. The van der Waals surface area contributed by atoms with Crippen molar-refractivity contribution in [1.82, 2.24) is 5.32 Å². The van der Waals surface area contributed by atoms with Crippen LogP contribution in [0, 0.1) is 0 Å². The molecule has 0 amide bonds. The molecule has 11 heavy (non-hydrogen) atoms. The maximum absolute atomic E-state index is 11.0. The third-order valence-electron chi connectivity index (χ3n) is 1.73. The van der Waals surface area contributed by atoms with E-state index in [2.05, 4.69) is 12.2 Å². The number of carbonyl (C=O) groups is 1. The molecule has 0 saturated carbocycles. The van der Waals surface area contributed by atoms with Crippen molar-refractivity contribution in [1.29, 1.82) is 0 Å². The highest BCUT2D eigenvalue weighted by Gasteiger charge is 2.22. The van der Waals surface area contributed by atoms with Crippen molar-refractivity contribution in [2.45, 2.75) is 18.6 Å². The molecule has 0 aromatic heterocycles. The molecule has 1 aliphatic heterocycles. The van der Waals surface area contributed by atoms with Crippen LogP contribution in [0.15, 0.2) is 11.6 Å². The molecule has 1 unspecified atom stereocenters. The standard InChI is InChI=1S/C8H13NOS/c1-3-7-6(5-9-2)4-8(10)11-7/h4,7,9H,3,5H2,1-2H3. The molecule has 1 N–H and O–H groups in total. The van der Waals surface area contributed by atoms with E-state index in [1.807, 2.05) is 7.05 Å². The van der Waals surface area contributed by atoms with Crippen molar-refractivity contribution in [3.05, 3.63) is 11.6 Å². The average molecular weight is 171 g/mol. The van der Waals surface area contributed by atoms with Gasteiger partial charge in [0.25, 0.3) is 0 Å².